The number of hydrogen-bond donors (Lipinski definition) is 2. The third-order valence-electron chi connectivity index (χ3n) is 3.01. The van der Waals surface area contributed by atoms with Crippen LogP contribution in [0.3, 0.4) is 0 Å². The monoisotopic (exact) mass is 265 g/mol. The number of aliphatic imine (C=N–C) groups is 1. The number of hydrogen-bond acceptors (Lipinski definition) is 5. The molecule has 0 amide bonds. The van der Waals surface area contributed by atoms with Gasteiger partial charge in [-0.3, -0.25) is 4.99 Å². The van der Waals surface area contributed by atoms with E-state index in [1.54, 1.807) is 0 Å². The number of ether oxygens (including phenoxy) is 2. The Morgan fingerprint density at radius 3 is 2.84 bits per heavy atom. The topological polar surface area (TPSA) is 54.9 Å². The standard InChI is InChI=1S/C14H21N3O2.H2/c1-15-6-3-7-17-12-5-4-11(10-13(12)16-2)14-18-8-9-19-14;/h4-5,10,14-15,17H,2-3,6-9H2,1H3;1H. The fourth-order valence-electron chi connectivity index (χ4n) is 2.01. The molecule has 0 aromatic heterocycles. The Bertz CT molecular complexity index is 423. The number of benzene rings is 1. The number of nitrogens with zero attached hydrogens (tertiary/aromatic N) is 1. The van der Waals surface area contributed by atoms with Gasteiger partial charge in [0.25, 0.3) is 0 Å². The van der Waals surface area contributed by atoms with E-state index in [2.05, 4.69) is 22.3 Å². The average molecular weight is 265 g/mol. The van der Waals surface area contributed by atoms with Gasteiger partial charge in [0, 0.05) is 13.5 Å². The molecule has 1 aromatic carbocycles. The van der Waals surface area contributed by atoms with E-state index in [-0.39, 0.29) is 7.72 Å². The van der Waals surface area contributed by atoms with Gasteiger partial charge in [0.05, 0.1) is 24.6 Å². The van der Waals surface area contributed by atoms with E-state index in [0.29, 0.717) is 13.2 Å². The summed E-state index contributed by atoms with van der Waals surface area (Å²) in [4.78, 5) is 4.06. The molecule has 1 heterocycles. The van der Waals surface area contributed by atoms with Gasteiger partial charge in [0.2, 0.25) is 0 Å². The van der Waals surface area contributed by atoms with Crippen LogP contribution in [0.2, 0.25) is 0 Å². The Hall–Kier alpha value is -1.43. The van der Waals surface area contributed by atoms with Crippen LogP contribution in [-0.2, 0) is 9.47 Å². The first-order chi connectivity index (χ1) is 9.35. The first-order valence-electron chi connectivity index (χ1n) is 6.57. The van der Waals surface area contributed by atoms with Crippen molar-refractivity contribution in [3.8, 4) is 0 Å². The van der Waals surface area contributed by atoms with E-state index >= 15 is 0 Å². The third kappa shape index (κ3) is 3.76. The van der Waals surface area contributed by atoms with Gasteiger partial charge >= 0.3 is 0 Å². The highest BCUT2D eigenvalue weighted by Crippen LogP contribution is 2.31. The Morgan fingerprint density at radius 1 is 1.37 bits per heavy atom. The second-order valence-corrected chi connectivity index (χ2v) is 4.39. The highest BCUT2D eigenvalue weighted by atomic mass is 16.7. The highest BCUT2D eigenvalue weighted by Gasteiger charge is 2.19. The van der Waals surface area contributed by atoms with E-state index < -0.39 is 0 Å². The molecule has 106 valence electrons. The molecule has 2 rings (SSSR count). The smallest absolute Gasteiger partial charge is 0.184 e. The summed E-state index contributed by atoms with van der Waals surface area (Å²) in [6.45, 7) is 6.80. The van der Waals surface area contributed by atoms with Crippen molar-refractivity contribution in [1.29, 1.82) is 0 Å². The van der Waals surface area contributed by atoms with Crippen molar-refractivity contribution in [2.75, 3.05) is 38.7 Å². The molecule has 1 aliphatic rings. The molecule has 0 saturated carbocycles. The quantitative estimate of drug-likeness (QED) is 0.587. The predicted molar refractivity (Wildman–Crippen MR) is 79.4 cm³/mol. The van der Waals surface area contributed by atoms with Crippen LogP contribution in [0.5, 0.6) is 0 Å². The summed E-state index contributed by atoms with van der Waals surface area (Å²) in [5.74, 6) is 0. The normalized spacial score (nSPS) is 15.6. The summed E-state index contributed by atoms with van der Waals surface area (Å²) >= 11 is 0. The minimum absolute atomic E-state index is 0. The van der Waals surface area contributed by atoms with E-state index in [0.717, 1.165) is 36.4 Å². The van der Waals surface area contributed by atoms with Crippen molar-refractivity contribution in [3.05, 3.63) is 23.8 Å². The van der Waals surface area contributed by atoms with Gasteiger partial charge in [0.1, 0.15) is 0 Å². The molecule has 0 spiro atoms. The van der Waals surface area contributed by atoms with Gasteiger partial charge in [-0.05, 0) is 38.9 Å². The van der Waals surface area contributed by atoms with E-state index in [1.807, 2.05) is 25.2 Å². The van der Waals surface area contributed by atoms with Gasteiger partial charge < -0.3 is 20.1 Å². The molecule has 1 fully saturated rings. The maximum Gasteiger partial charge on any atom is 0.184 e. The predicted octanol–water partition coefficient (Wildman–Crippen LogP) is 2.33. The molecule has 2 N–H and O–H groups in total. The lowest BCUT2D eigenvalue weighted by molar-refractivity contribution is -0.0440. The second kappa shape index (κ2) is 7.23. The van der Waals surface area contributed by atoms with Crippen LogP contribution in [0.15, 0.2) is 23.2 Å². The molecule has 19 heavy (non-hydrogen) atoms. The van der Waals surface area contributed by atoms with Crippen molar-refractivity contribution in [2.24, 2.45) is 4.99 Å². The first kappa shape index (κ1) is 14.0. The molecule has 5 heteroatoms. The largest absolute Gasteiger partial charge is 0.383 e. The van der Waals surface area contributed by atoms with E-state index in [1.165, 1.54) is 0 Å². The highest BCUT2D eigenvalue weighted by molar-refractivity contribution is 5.68. The zero-order chi connectivity index (χ0) is 13.5. The van der Waals surface area contributed by atoms with E-state index in [9.17, 15) is 0 Å². The minimum atomic E-state index is -0.265. The van der Waals surface area contributed by atoms with Crippen LogP contribution in [-0.4, -0.2) is 40.1 Å². The van der Waals surface area contributed by atoms with Gasteiger partial charge in [-0.2, -0.15) is 0 Å². The number of rotatable bonds is 7. The molecule has 1 saturated heterocycles. The van der Waals surface area contributed by atoms with E-state index in [4.69, 9.17) is 9.47 Å². The third-order valence-corrected chi connectivity index (χ3v) is 3.01. The van der Waals surface area contributed by atoms with Crippen molar-refractivity contribution >= 4 is 18.1 Å². The summed E-state index contributed by atoms with van der Waals surface area (Å²) in [5, 5.41) is 6.48. The van der Waals surface area contributed by atoms with Crippen molar-refractivity contribution in [1.82, 2.24) is 5.32 Å². The molecule has 0 unspecified atom stereocenters. The Labute approximate surface area is 115 Å². The van der Waals surface area contributed by atoms with Crippen LogP contribution in [0, 0.1) is 0 Å². The lowest BCUT2D eigenvalue weighted by Gasteiger charge is -2.13. The average Bonchev–Trinajstić information content (AvgIpc) is 2.98. The zero-order valence-corrected chi connectivity index (χ0v) is 11.3. The fourth-order valence-corrected chi connectivity index (χ4v) is 2.01. The molecule has 0 bridgehead atoms. The van der Waals surface area contributed by atoms with Crippen LogP contribution in [0.25, 0.3) is 0 Å². The maximum atomic E-state index is 5.48. The van der Waals surface area contributed by atoms with Crippen LogP contribution >= 0.6 is 0 Å². The second-order valence-electron chi connectivity index (χ2n) is 4.39. The zero-order valence-electron chi connectivity index (χ0n) is 11.3. The molecule has 0 aliphatic carbocycles. The van der Waals surface area contributed by atoms with Crippen molar-refractivity contribution in [2.45, 2.75) is 12.7 Å². The Balaban J connectivity index is 0.00000200. The Kier molecular flexibility index (Phi) is 5.32. The lowest BCUT2D eigenvalue weighted by Crippen LogP contribution is -2.13. The van der Waals surface area contributed by atoms with Crippen molar-refractivity contribution < 1.29 is 10.9 Å². The van der Waals surface area contributed by atoms with Gasteiger partial charge in [0.15, 0.2) is 6.29 Å². The molecular formula is C14H23N3O2. The SMILES string of the molecule is C=Nc1cc(C2OCCO2)ccc1NCCCNC.[HH]. The summed E-state index contributed by atoms with van der Waals surface area (Å²) in [6.07, 6.45) is 0.794. The number of nitrogens with one attached hydrogen (secondary N) is 2. The molecule has 0 radical (unpaired) electrons. The first-order valence-corrected chi connectivity index (χ1v) is 6.57. The van der Waals surface area contributed by atoms with Crippen LogP contribution in [0.4, 0.5) is 11.4 Å². The molecule has 1 aromatic rings. The fraction of sp³-hybridized carbons (Fsp3) is 0.500. The van der Waals surface area contributed by atoms with Gasteiger partial charge in [-0.1, -0.05) is 6.07 Å². The molecule has 5 nitrogen and oxygen atoms in total. The molecule has 0 atom stereocenters. The molecule has 1 aliphatic heterocycles. The summed E-state index contributed by atoms with van der Waals surface area (Å²) in [5.41, 5.74) is 2.81. The van der Waals surface area contributed by atoms with Crippen LogP contribution in [0.1, 0.15) is 19.7 Å². The number of anilines is 1. The van der Waals surface area contributed by atoms with Gasteiger partial charge in [-0.15, -0.1) is 0 Å². The summed E-state index contributed by atoms with van der Waals surface area (Å²) < 4.78 is 11.0. The van der Waals surface area contributed by atoms with Crippen molar-refractivity contribution in [3.63, 3.8) is 0 Å². The maximum absolute atomic E-state index is 5.48. The summed E-state index contributed by atoms with van der Waals surface area (Å²) in [7, 11) is 1.95. The van der Waals surface area contributed by atoms with Gasteiger partial charge in [-0.25, -0.2) is 0 Å². The Morgan fingerprint density at radius 2 is 2.16 bits per heavy atom. The van der Waals surface area contributed by atoms with Crippen LogP contribution < -0.4 is 10.6 Å². The minimum Gasteiger partial charge on any atom is -0.383 e. The summed E-state index contributed by atoms with van der Waals surface area (Å²) in [6, 6.07) is 5.97. The lowest BCUT2D eigenvalue weighted by atomic mass is 10.1. The molecular weight excluding hydrogens is 242 g/mol.